The quantitative estimate of drug-likeness (QED) is 0.491. The third-order valence-electron chi connectivity index (χ3n) is 7.52. The lowest BCUT2D eigenvalue weighted by Crippen LogP contribution is -2.41. The molecule has 1 aromatic heterocycles. The molecule has 8 heteroatoms. The van der Waals surface area contributed by atoms with E-state index in [1.165, 1.54) is 4.90 Å². The van der Waals surface area contributed by atoms with E-state index in [2.05, 4.69) is 33.5 Å². The van der Waals surface area contributed by atoms with Crippen molar-refractivity contribution in [3.63, 3.8) is 0 Å². The number of carbonyl (C=O) groups is 2. The Morgan fingerprint density at radius 1 is 1.13 bits per heavy atom. The van der Waals surface area contributed by atoms with Crippen molar-refractivity contribution >= 4 is 29.3 Å². The number of anilines is 2. The molecule has 8 nitrogen and oxygen atoms in total. The van der Waals surface area contributed by atoms with Gasteiger partial charge in [0.15, 0.2) is 0 Å². The number of imide groups is 1. The van der Waals surface area contributed by atoms with Gasteiger partial charge in [-0.25, -0.2) is 19.7 Å². The number of fused-ring (bicyclic) bond motifs is 3. The van der Waals surface area contributed by atoms with Crippen LogP contribution in [0.15, 0.2) is 47.6 Å². The molecule has 3 aromatic rings. The standard InChI is InChI=1S/C30H31N5O3/c1-16-7-10-24-22(11-16)30(27(36)35(24)28(37)38-29(4,5)6)13-23(30)19-8-9-21-20(12-19)15-32-26(21)34-25-17(2)14-31-18(3)33-25/h7-12,14,23H,13,15H2,1-6H3,(H,31,32,33,34)/t23-,30-/m0/s1. The summed E-state index contributed by atoms with van der Waals surface area (Å²) in [6.45, 7) is 11.8. The van der Waals surface area contributed by atoms with E-state index >= 15 is 0 Å². The van der Waals surface area contributed by atoms with Crippen molar-refractivity contribution in [1.82, 2.24) is 9.97 Å². The number of hydrogen-bond acceptors (Lipinski definition) is 7. The Morgan fingerprint density at radius 2 is 1.92 bits per heavy atom. The minimum absolute atomic E-state index is 0.0166. The van der Waals surface area contributed by atoms with Gasteiger partial charge in [0.05, 0.1) is 17.6 Å². The van der Waals surface area contributed by atoms with E-state index in [0.717, 1.165) is 45.0 Å². The first-order chi connectivity index (χ1) is 18.0. The molecule has 1 saturated carbocycles. The molecule has 0 radical (unpaired) electrons. The largest absolute Gasteiger partial charge is 0.443 e. The number of rotatable bonds is 2. The fourth-order valence-corrected chi connectivity index (χ4v) is 5.63. The maximum atomic E-state index is 13.9. The monoisotopic (exact) mass is 509 g/mol. The molecule has 1 spiro atoms. The Balaban J connectivity index is 1.30. The van der Waals surface area contributed by atoms with Crippen LogP contribution in [0, 0.1) is 20.8 Å². The Labute approximate surface area is 222 Å². The van der Waals surface area contributed by atoms with Gasteiger partial charge in [-0.1, -0.05) is 35.9 Å². The second-order valence-electron chi connectivity index (χ2n) is 11.5. The Bertz CT molecular complexity index is 1550. The molecular formula is C30H31N5O3. The molecule has 2 aromatic carbocycles. The third kappa shape index (κ3) is 3.78. The Morgan fingerprint density at radius 3 is 2.68 bits per heavy atom. The zero-order valence-electron chi connectivity index (χ0n) is 22.5. The van der Waals surface area contributed by atoms with Crippen LogP contribution in [0.4, 0.5) is 16.3 Å². The van der Waals surface area contributed by atoms with Crippen LogP contribution in [0.3, 0.4) is 0 Å². The van der Waals surface area contributed by atoms with Crippen molar-refractivity contribution in [2.24, 2.45) is 4.99 Å². The van der Waals surface area contributed by atoms with Gasteiger partial charge in [0, 0.05) is 23.2 Å². The van der Waals surface area contributed by atoms with Gasteiger partial charge >= 0.3 is 6.09 Å². The van der Waals surface area contributed by atoms with Crippen LogP contribution in [-0.2, 0) is 21.5 Å². The van der Waals surface area contributed by atoms with Crippen LogP contribution in [-0.4, -0.2) is 33.4 Å². The van der Waals surface area contributed by atoms with Gasteiger partial charge < -0.3 is 10.1 Å². The van der Waals surface area contributed by atoms with E-state index in [4.69, 9.17) is 9.73 Å². The molecule has 0 unspecified atom stereocenters. The summed E-state index contributed by atoms with van der Waals surface area (Å²) in [4.78, 5) is 41.7. The summed E-state index contributed by atoms with van der Waals surface area (Å²) in [6, 6.07) is 12.1. The second-order valence-corrected chi connectivity index (χ2v) is 11.5. The number of nitrogens with zero attached hydrogens (tertiary/aromatic N) is 4. The molecule has 1 fully saturated rings. The summed E-state index contributed by atoms with van der Waals surface area (Å²) in [6.07, 6.45) is 1.84. The predicted molar refractivity (Wildman–Crippen MR) is 146 cm³/mol. The number of nitrogens with one attached hydrogen (secondary N) is 1. The summed E-state index contributed by atoms with van der Waals surface area (Å²) in [5.74, 6) is 2.01. The summed E-state index contributed by atoms with van der Waals surface area (Å²) in [7, 11) is 0. The van der Waals surface area contributed by atoms with Crippen molar-refractivity contribution in [3.05, 3.63) is 81.8 Å². The molecule has 0 bridgehead atoms. The van der Waals surface area contributed by atoms with E-state index in [0.29, 0.717) is 24.5 Å². The third-order valence-corrected chi connectivity index (χ3v) is 7.52. The van der Waals surface area contributed by atoms with E-state index < -0.39 is 17.1 Å². The zero-order chi connectivity index (χ0) is 27.0. The summed E-state index contributed by atoms with van der Waals surface area (Å²) in [5, 5.41) is 3.37. The van der Waals surface area contributed by atoms with Gasteiger partial charge in [-0.05, 0) is 70.7 Å². The molecule has 2 amide bonds. The smallest absolute Gasteiger partial charge is 0.421 e. The number of carbonyl (C=O) groups excluding carboxylic acids is 2. The van der Waals surface area contributed by atoms with Crippen LogP contribution in [0.2, 0.25) is 0 Å². The van der Waals surface area contributed by atoms with E-state index in [1.54, 1.807) is 27.0 Å². The van der Waals surface area contributed by atoms with Crippen molar-refractivity contribution in [2.75, 3.05) is 10.2 Å². The van der Waals surface area contributed by atoms with Crippen LogP contribution >= 0.6 is 0 Å². The number of hydrogen-bond donors (Lipinski definition) is 1. The average molecular weight is 510 g/mol. The van der Waals surface area contributed by atoms with E-state index in [1.807, 2.05) is 39.0 Å². The average Bonchev–Trinajstić information content (AvgIpc) is 3.41. The topological polar surface area (TPSA) is 96.8 Å². The number of aliphatic imine (C=N–C) groups is 1. The van der Waals surface area contributed by atoms with Gasteiger partial charge in [0.2, 0.25) is 5.91 Å². The first-order valence-electron chi connectivity index (χ1n) is 12.9. The fraction of sp³-hybridized carbons (Fsp3) is 0.367. The van der Waals surface area contributed by atoms with Gasteiger partial charge in [-0.2, -0.15) is 0 Å². The highest BCUT2D eigenvalue weighted by Gasteiger charge is 2.68. The van der Waals surface area contributed by atoms with E-state index in [9.17, 15) is 9.59 Å². The van der Waals surface area contributed by atoms with Crippen molar-refractivity contribution in [3.8, 4) is 0 Å². The first kappa shape index (κ1) is 24.3. The molecule has 194 valence electrons. The maximum absolute atomic E-state index is 13.9. The molecule has 3 heterocycles. The molecule has 6 rings (SSSR count). The van der Waals surface area contributed by atoms with Gasteiger partial charge in [-0.3, -0.25) is 9.79 Å². The Hall–Kier alpha value is -4.07. The molecule has 38 heavy (non-hydrogen) atoms. The lowest BCUT2D eigenvalue weighted by molar-refractivity contribution is -0.120. The van der Waals surface area contributed by atoms with Crippen molar-refractivity contribution < 1.29 is 14.3 Å². The van der Waals surface area contributed by atoms with Gasteiger partial charge in [-0.15, -0.1) is 0 Å². The normalized spacial score (nSPS) is 21.3. The van der Waals surface area contributed by atoms with Gasteiger partial charge in [0.1, 0.15) is 23.1 Å². The minimum Gasteiger partial charge on any atom is -0.443 e. The highest BCUT2D eigenvalue weighted by molar-refractivity contribution is 6.23. The van der Waals surface area contributed by atoms with Crippen LogP contribution < -0.4 is 10.2 Å². The summed E-state index contributed by atoms with van der Waals surface area (Å²) < 4.78 is 5.61. The first-order valence-corrected chi connectivity index (χ1v) is 12.9. The molecule has 2 atom stereocenters. The molecule has 1 aliphatic carbocycles. The maximum Gasteiger partial charge on any atom is 0.421 e. The van der Waals surface area contributed by atoms with E-state index in [-0.39, 0.29) is 11.8 Å². The van der Waals surface area contributed by atoms with Crippen LogP contribution in [0.1, 0.15) is 72.3 Å². The molecular weight excluding hydrogens is 478 g/mol. The lowest BCUT2D eigenvalue weighted by Gasteiger charge is -2.24. The number of amidine groups is 1. The lowest BCUT2D eigenvalue weighted by atomic mass is 9.90. The molecule has 3 aliphatic rings. The summed E-state index contributed by atoms with van der Waals surface area (Å²) >= 11 is 0. The number of benzene rings is 2. The molecule has 1 N–H and O–H groups in total. The van der Waals surface area contributed by atoms with Gasteiger partial charge in [0.25, 0.3) is 0 Å². The SMILES string of the molecule is Cc1ccc2c(c1)[C@]1(C[C@H]1c1ccc3c(c1)CN=C3Nc1nc(C)ncc1C)C(=O)N2C(=O)OC(C)(C)C. The highest BCUT2D eigenvalue weighted by atomic mass is 16.6. The van der Waals surface area contributed by atoms with Crippen LogP contribution in [0.5, 0.6) is 0 Å². The predicted octanol–water partition coefficient (Wildman–Crippen LogP) is 5.48. The number of aryl methyl sites for hydroxylation is 3. The van der Waals surface area contributed by atoms with Crippen molar-refractivity contribution in [2.45, 2.75) is 71.4 Å². The minimum atomic E-state index is -0.747. The molecule has 2 aliphatic heterocycles. The number of aromatic nitrogens is 2. The second kappa shape index (κ2) is 8.21. The number of amides is 2. The fourth-order valence-electron chi connectivity index (χ4n) is 5.63. The number of ether oxygens (including phenoxy) is 1. The van der Waals surface area contributed by atoms with Crippen molar-refractivity contribution in [1.29, 1.82) is 0 Å². The Kier molecular flexibility index (Phi) is 5.25. The zero-order valence-corrected chi connectivity index (χ0v) is 22.5. The summed E-state index contributed by atoms with van der Waals surface area (Å²) in [5.41, 5.74) is 5.32. The van der Waals surface area contributed by atoms with Crippen LogP contribution in [0.25, 0.3) is 0 Å². The molecule has 0 saturated heterocycles. The highest BCUT2D eigenvalue weighted by Crippen LogP contribution is 2.66.